The van der Waals surface area contributed by atoms with E-state index in [1.54, 1.807) is 6.92 Å². The van der Waals surface area contributed by atoms with Crippen LogP contribution in [0.1, 0.15) is 6.92 Å². The summed E-state index contributed by atoms with van der Waals surface area (Å²) in [5, 5.41) is 7.57. The summed E-state index contributed by atoms with van der Waals surface area (Å²) in [5.41, 5.74) is 0. The van der Waals surface area contributed by atoms with Gasteiger partial charge in [-0.3, -0.25) is 0 Å². The second-order valence-corrected chi connectivity index (χ2v) is 0.316. The number of aliphatic hydroxyl groups is 1. The molecule has 0 aliphatic rings. The van der Waals surface area contributed by atoms with E-state index in [2.05, 4.69) is 0 Å². The lowest BCUT2D eigenvalue weighted by molar-refractivity contribution is 0.318. The number of hydrogen-bond donors (Lipinski definition) is 1. The zero-order valence-electron chi connectivity index (χ0n) is 3.15. The molecule has 0 aromatic rings. The summed E-state index contributed by atoms with van der Waals surface area (Å²) < 4.78 is 0. The van der Waals surface area contributed by atoms with Crippen LogP contribution < -0.4 is 0 Å². The van der Waals surface area contributed by atoms with Crippen molar-refractivity contribution in [1.82, 2.24) is 0 Å². The van der Waals surface area contributed by atoms with Gasteiger partial charge in [0, 0.05) is 21.5 Å². The molecule has 0 bridgehead atoms. The Morgan fingerprint density at radius 1 is 1.40 bits per heavy atom. The van der Waals surface area contributed by atoms with Crippen LogP contribution in [0.15, 0.2) is 0 Å². The monoisotopic (exact) mass is 70.0 g/mol. The zero-order valence-corrected chi connectivity index (χ0v) is 3.15. The van der Waals surface area contributed by atoms with Gasteiger partial charge in [-0.2, -0.15) is 0 Å². The van der Waals surface area contributed by atoms with E-state index in [1.165, 1.54) is 0 Å². The van der Waals surface area contributed by atoms with Crippen LogP contribution in [0, 0.1) is 14.9 Å². The Morgan fingerprint density at radius 3 is 1.40 bits per heavy atom. The molecule has 1 heteroatoms. The average Bonchev–Trinajstić information content (AvgIpc) is 0.918. The topological polar surface area (TPSA) is 20.2 Å². The Kier molecular flexibility index (Phi) is 152. The van der Waals surface area contributed by atoms with E-state index in [4.69, 9.17) is 5.11 Å². The third-order valence-electron chi connectivity index (χ3n) is 0. The van der Waals surface area contributed by atoms with Crippen LogP contribution in [0.5, 0.6) is 0 Å². The van der Waals surface area contributed by atoms with Gasteiger partial charge < -0.3 is 5.11 Å². The van der Waals surface area contributed by atoms with Gasteiger partial charge in [-0.15, -0.1) is 0 Å². The molecule has 28 valence electrons. The molecule has 0 aromatic heterocycles. The third kappa shape index (κ3) is 9510. The van der Waals surface area contributed by atoms with Crippen molar-refractivity contribution >= 4 is 0 Å². The number of rotatable bonds is 0. The van der Waals surface area contributed by atoms with E-state index in [9.17, 15) is 0 Å². The Balaban J connectivity index is -0.0000000200. The number of aliphatic hydroxyl groups excluding tert-OH is 1. The molecule has 5 heavy (non-hydrogen) atoms. The molecule has 0 atom stereocenters. The van der Waals surface area contributed by atoms with E-state index < -0.39 is 0 Å². The minimum Gasteiger partial charge on any atom is -0.397 e. The highest BCUT2D eigenvalue weighted by atomic mass is 16.2. The smallest absolute Gasteiger partial charge is 0.0402 e. The molecule has 8 radical (unpaired) electrons. The molecule has 0 spiro atoms. The SMILES string of the molecule is CCO.[C].[C]. The predicted molar refractivity (Wildman–Crippen MR) is 19.2 cm³/mol. The first-order chi connectivity index (χ1) is 1.41. The molecular weight excluding hydrogens is 64.0 g/mol. The lowest BCUT2D eigenvalue weighted by atomic mass is 10.9. The molecule has 0 amide bonds. The first kappa shape index (κ1) is 20.2. The summed E-state index contributed by atoms with van der Waals surface area (Å²) in [5.74, 6) is 0. The fraction of sp³-hybridized carbons (Fsp3) is 0.500. The molecule has 0 heterocycles. The van der Waals surface area contributed by atoms with Crippen LogP contribution in [-0.2, 0) is 0 Å². The highest BCUT2D eigenvalue weighted by Crippen LogP contribution is 1.30. The summed E-state index contributed by atoms with van der Waals surface area (Å²) in [6.45, 7) is 1.93. The molecule has 0 fully saturated rings. The largest absolute Gasteiger partial charge is 0.397 e. The highest BCUT2D eigenvalue weighted by Gasteiger charge is 1.34. The minimum atomic E-state index is 0. The molecule has 1 nitrogen and oxygen atoms in total. The second-order valence-electron chi connectivity index (χ2n) is 0.316. The summed E-state index contributed by atoms with van der Waals surface area (Å²) in [6.07, 6.45) is 0. The van der Waals surface area contributed by atoms with Gasteiger partial charge in [-0.1, -0.05) is 0 Å². The van der Waals surface area contributed by atoms with Crippen LogP contribution in [0.2, 0.25) is 0 Å². The summed E-state index contributed by atoms with van der Waals surface area (Å²) in [7, 11) is 0. The maximum Gasteiger partial charge on any atom is 0.0402 e. The van der Waals surface area contributed by atoms with Gasteiger partial charge in [0.15, 0.2) is 0 Å². The summed E-state index contributed by atoms with van der Waals surface area (Å²) in [6, 6.07) is 0. The van der Waals surface area contributed by atoms with Crippen molar-refractivity contribution in [2.75, 3.05) is 6.61 Å². The standard InChI is InChI=1S/C2H6O.2C/c1-2-3;;/h3H,2H2,1H3;;. The Morgan fingerprint density at radius 2 is 1.40 bits per heavy atom. The van der Waals surface area contributed by atoms with Gasteiger partial charge in [0.25, 0.3) is 0 Å². The van der Waals surface area contributed by atoms with Gasteiger partial charge in [-0.25, -0.2) is 0 Å². The molecular formula is C4H6O. The van der Waals surface area contributed by atoms with Crippen LogP contribution in [0.4, 0.5) is 0 Å². The first-order valence-electron chi connectivity index (χ1n) is 1.02. The van der Waals surface area contributed by atoms with Crippen molar-refractivity contribution in [3.8, 4) is 0 Å². The van der Waals surface area contributed by atoms with E-state index in [0.29, 0.717) is 0 Å². The van der Waals surface area contributed by atoms with Crippen molar-refractivity contribution in [3.05, 3.63) is 14.9 Å². The molecule has 0 saturated carbocycles. The lowest BCUT2D eigenvalue weighted by Gasteiger charge is -1.52. The quantitative estimate of drug-likeness (QED) is 0.430. The maximum absolute atomic E-state index is 7.57. The van der Waals surface area contributed by atoms with E-state index in [-0.39, 0.29) is 21.5 Å². The van der Waals surface area contributed by atoms with E-state index >= 15 is 0 Å². The fourth-order valence-electron chi connectivity index (χ4n) is 0. The Bertz CT molecular complexity index is 3.61. The van der Waals surface area contributed by atoms with Crippen molar-refractivity contribution in [3.63, 3.8) is 0 Å². The molecule has 0 aliphatic heterocycles. The van der Waals surface area contributed by atoms with Crippen molar-refractivity contribution < 1.29 is 5.11 Å². The summed E-state index contributed by atoms with van der Waals surface area (Å²) >= 11 is 0. The van der Waals surface area contributed by atoms with Crippen LogP contribution in [-0.4, -0.2) is 11.7 Å². The van der Waals surface area contributed by atoms with Crippen molar-refractivity contribution in [2.45, 2.75) is 6.92 Å². The average molecular weight is 70.1 g/mol. The van der Waals surface area contributed by atoms with E-state index in [1.807, 2.05) is 0 Å². The van der Waals surface area contributed by atoms with E-state index in [0.717, 1.165) is 0 Å². The third-order valence-corrected chi connectivity index (χ3v) is 0. The molecule has 0 saturated heterocycles. The van der Waals surface area contributed by atoms with Crippen LogP contribution in [0.3, 0.4) is 0 Å². The van der Waals surface area contributed by atoms with Gasteiger partial charge in [-0.05, 0) is 6.92 Å². The van der Waals surface area contributed by atoms with Crippen molar-refractivity contribution in [1.29, 1.82) is 0 Å². The predicted octanol–water partition coefficient (Wildman–Crippen LogP) is 0.161. The Hall–Kier alpha value is -0.0400. The minimum absolute atomic E-state index is 0. The molecule has 0 aliphatic carbocycles. The number of hydrogen-bond acceptors (Lipinski definition) is 1. The van der Waals surface area contributed by atoms with Crippen molar-refractivity contribution in [2.24, 2.45) is 0 Å². The Labute approximate surface area is 34.6 Å². The van der Waals surface area contributed by atoms with Crippen LogP contribution >= 0.6 is 0 Å². The zero-order chi connectivity index (χ0) is 2.71. The highest BCUT2D eigenvalue weighted by molar-refractivity contribution is 3.84. The molecule has 0 unspecified atom stereocenters. The van der Waals surface area contributed by atoms with Gasteiger partial charge in [0.1, 0.15) is 0 Å². The molecule has 0 rings (SSSR count). The normalized spacial score (nSPS) is 3.60. The first-order valence-corrected chi connectivity index (χ1v) is 1.02. The molecule has 1 N–H and O–H groups in total. The fourth-order valence-corrected chi connectivity index (χ4v) is 0. The summed E-state index contributed by atoms with van der Waals surface area (Å²) in [4.78, 5) is 0. The lowest BCUT2D eigenvalue weighted by Crippen LogP contribution is -1.57. The van der Waals surface area contributed by atoms with Gasteiger partial charge in [0.2, 0.25) is 0 Å². The van der Waals surface area contributed by atoms with Gasteiger partial charge >= 0.3 is 0 Å². The van der Waals surface area contributed by atoms with Crippen LogP contribution in [0.25, 0.3) is 0 Å². The second kappa shape index (κ2) is 37.6. The van der Waals surface area contributed by atoms with Gasteiger partial charge in [0.05, 0.1) is 0 Å². The maximum atomic E-state index is 7.57. The molecule has 0 aromatic carbocycles.